The van der Waals surface area contributed by atoms with Gasteiger partial charge in [-0.05, 0) is 56.5 Å². The first-order valence-corrected chi connectivity index (χ1v) is 11.5. The average molecular weight is 440 g/mol. The van der Waals surface area contributed by atoms with E-state index in [1.54, 1.807) is 0 Å². The maximum atomic E-state index is 6.44. The minimum absolute atomic E-state index is 0.461. The Bertz CT molecular complexity index is 992. The Morgan fingerprint density at radius 3 is 2.39 bits per heavy atom. The van der Waals surface area contributed by atoms with Gasteiger partial charge in [-0.15, -0.1) is 0 Å². The van der Waals surface area contributed by atoms with Crippen LogP contribution in [-0.4, -0.2) is 42.2 Å². The lowest BCUT2D eigenvalue weighted by atomic mass is 10.0. The van der Waals surface area contributed by atoms with Gasteiger partial charge in [0.1, 0.15) is 16.5 Å². The predicted molar refractivity (Wildman–Crippen MR) is 127 cm³/mol. The minimum atomic E-state index is 0.461. The third kappa shape index (κ3) is 5.41. The molecule has 2 aromatic carbocycles. The van der Waals surface area contributed by atoms with Crippen molar-refractivity contribution >= 4 is 28.2 Å². The molecule has 1 aromatic heterocycles. The van der Waals surface area contributed by atoms with Crippen molar-refractivity contribution in [3.63, 3.8) is 0 Å². The quantitative estimate of drug-likeness (QED) is 0.483. The van der Waals surface area contributed by atoms with Gasteiger partial charge in [-0.1, -0.05) is 29.8 Å². The number of ether oxygens (including phenoxy) is 2. The lowest BCUT2D eigenvalue weighted by molar-refractivity contribution is 0.210. The molecule has 6 heteroatoms. The van der Waals surface area contributed by atoms with E-state index in [4.69, 9.17) is 21.1 Å². The van der Waals surface area contributed by atoms with Gasteiger partial charge in [0, 0.05) is 31.1 Å². The second-order valence-electron chi connectivity index (χ2n) is 7.88. The summed E-state index contributed by atoms with van der Waals surface area (Å²) in [7, 11) is 0. The number of benzene rings is 2. The van der Waals surface area contributed by atoms with Crippen LogP contribution >= 0.6 is 11.6 Å². The second-order valence-corrected chi connectivity index (χ2v) is 8.26. The van der Waals surface area contributed by atoms with E-state index in [9.17, 15) is 0 Å². The van der Waals surface area contributed by atoms with Crippen molar-refractivity contribution in [2.24, 2.45) is 0 Å². The Labute approximate surface area is 189 Å². The SMILES string of the molecule is CCOc1cc(CN2CCC(Nc3cnc4ccccc4c3)CC2)cc(OCC)c1Cl. The monoisotopic (exact) mass is 439 g/mol. The van der Waals surface area contributed by atoms with Gasteiger partial charge in [0.05, 0.1) is 30.6 Å². The number of hydrogen-bond acceptors (Lipinski definition) is 5. The maximum absolute atomic E-state index is 6.44. The van der Waals surface area contributed by atoms with E-state index in [2.05, 4.69) is 33.4 Å². The highest BCUT2D eigenvalue weighted by atomic mass is 35.5. The lowest BCUT2D eigenvalue weighted by Crippen LogP contribution is -2.38. The van der Waals surface area contributed by atoms with E-state index in [0.29, 0.717) is 35.8 Å². The first-order valence-electron chi connectivity index (χ1n) is 11.1. The van der Waals surface area contributed by atoms with Crippen LogP contribution in [0.3, 0.4) is 0 Å². The number of aromatic nitrogens is 1. The fourth-order valence-electron chi connectivity index (χ4n) is 4.12. The molecule has 5 nitrogen and oxygen atoms in total. The van der Waals surface area contributed by atoms with Gasteiger partial charge in [-0.25, -0.2) is 0 Å². The number of nitrogens with one attached hydrogen (secondary N) is 1. The summed E-state index contributed by atoms with van der Waals surface area (Å²) in [6.45, 7) is 8.02. The third-order valence-corrected chi connectivity index (χ3v) is 5.99. The van der Waals surface area contributed by atoms with Crippen molar-refractivity contribution in [1.82, 2.24) is 9.88 Å². The van der Waals surface area contributed by atoms with Crippen LogP contribution in [0.2, 0.25) is 5.02 Å². The molecular formula is C25H30ClN3O2. The Balaban J connectivity index is 1.36. The van der Waals surface area contributed by atoms with Crippen LogP contribution in [0.25, 0.3) is 10.9 Å². The molecule has 0 unspecified atom stereocenters. The van der Waals surface area contributed by atoms with Crippen LogP contribution in [0, 0.1) is 0 Å². The highest BCUT2D eigenvalue weighted by Crippen LogP contribution is 2.36. The molecule has 0 amide bonds. The number of piperidine rings is 1. The molecule has 0 atom stereocenters. The van der Waals surface area contributed by atoms with Gasteiger partial charge in [0.25, 0.3) is 0 Å². The zero-order valence-electron chi connectivity index (χ0n) is 18.2. The predicted octanol–water partition coefficient (Wildman–Crippen LogP) is 5.76. The molecule has 31 heavy (non-hydrogen) atoms. The summed E-state index contributed by atoms with van der Waals surface area (Å²) in [5, 5.41) is 5.39. The van der Waals surface area contributed by atoms with E-state index in [-0.39, 0.29) is 0 Å². The molecular weight excluding hydrogens is 410 g/mol. The number of para-hydroxylation sites is 1. The third-order valence-electron chi connectivity index (χ3n) is 5.62. The molecule has 0 aliphatic carbocycles. The number of likely N-dealkylation sites (tertiary alicyclic amines) is 1. The van der Waals surface area contributed by atoms with Gasteiger partial charge in [0.15, 0.2) is 0 Å². The summed E-state index contributed by atoms with van der Waals surface area (Å²) in [5.74, 6) is 1.40. The smallest absolute Gasteiger partial charge is 0.141 e. The van der Waals surface area contributed by atoms with E-state index in [1.807, 2.05) is 44.3 Å². The number of rotatable bonds is 8. The zero-order chi connectivity index (χ0) is 21.6. The Morgan fingerprint density at radius 2 is 1.71 bits per heavy atom. The number of anilines is 1. The Morgan fingerprint density at radius 1 is 1.03 bits per heavy atom. The Hall–Kier alpha value is -2.50. The topological polar surface area (TPSA) is 46.6 Å². The van der Waals surface area contributed by atoms with Crippen LogP contribution in [0.5, 0.6) is 11.5 Å². The fraction of sp³-hybridized carbons (Fsp3) is 0.400. The summed E-state index contributed by atoms with van der Waals surface area (Å²) < 4.78 is 11.4. The number of hydrogen-bond donors (Lipinski definition) is 1. The number of halogens is 1. The molecule has 1 fully saturated rings. The van der Waals surface area contributed by atoms with Crippen molar-refractivity contribution in [1.29, 1.82) is 0 Å². The Kier molecular flexibility index (Phi) is 7.15. The molecule has 164 valence electrons. The van der Waals surface area contributed by atoms with Crippen molar-refractivity contribution in [3.8, 4) is 11.5 Å². The summed E-state index contributed by atoms with van der Waals surface area (Å²) in [5.41, 5.74) is 3.29. The van der Waals surface area contributed by atoms with Crippen LogP contribution < -0.4 is 14.8 Å². The van der Waals surface area contributed by atoms with Crippen molar-refractivity contribution < 1.29 is 9.47 Å². The zero-order valence-corrected chi connectivity index (χ0v) is 19.0. The van der Waals surface area contributed by atoms with Crippen LogP contribution in [0.4, 0.5) is 5.69 Å². The van der Waals surface area contributed by atoms with Gasteiger partial charge < -0.3 is 14.8 Å². The number of fused-ring (bicyclic) bond motifs is 1. The molecule has 3 aromatic rings. The van der Waals surface area contributed by atoms with Crippen molar-refractivity contribution in [2.75, 3.05) is 31.6 Å². The van der Waals surface area contributed by atoms with E-state index in [1.165, 1.54) is 10.9 Å². The largest absolute Gasteiger partial charge is 0.492 e. The number of pyridine rings is 1. The molecule has 1 aliphatic rings. The first kappa shape index (κ1) is 21.7. The highest BCUT2D eigenvalue weighted by Gasteiger charge is 2.20. The van der Waals surface area contributed by atoms with E-state index < -0.39 is 0 Å². The minimum Gasteiger partial charge on any atom is -0.492 e. The van der Waals surface area contributed by atoms with Crippen molar-refractivity contribution in [3.05, 3.63) is 59.2 Å². The van der Waals surface area contributed by atoms with Crippen LogP contribution in [-0.2, 0) is 6.54 Å². The summed E-state index contributed by atoms with van der Waals surface area (Å²) in [4.78, 5) is 7.04. The molecule has 1 N–H and O–H groups in total. The standard InChI is InChI=1S/C25H30ClN3O2/c1-3-30-23-13-18(14-24(25(23)26)31-4-2)17-29-11-9-20(10-12-29)28-21-15-19-7-5-6-8-22(19)27-16-21/h5-8,13-16,20,28H,3-4,9-12,17H2,1-2H3. The molecule has 1 aliphatic heterocycles. The van der Waals surface area contributed by atoms with E-state index in [0.717, 1.165) is 43.7 Å². The summed E-state index contributed by atoms with van der Waals surface area (Å²) in [6, 6.07) is 15.0. The molecule has 4 rings (SSSR count). The molecule has 2 heterocycles. The first-order chi connectivity index (χ1) is 15.2. The van der Waals surface area contributed by atoms with Crippen LogP contribution in [0.15, 0.2) is 48.7 Å². The second kappa shape index (κ2) is 10.2. The fourth-order valence-corrected chi connectivity index (χ4v) is 4.34. The van der Waals surface area contributed by atoms with Crippen molar-refractivity contribution in [2.45, 2.75) is 39.3 Å². The highest BCUT2D eigenvalue weighted by molar-refractivity contribution is 6.33. The van der Waals surface area contributed by atoms with E-state index >= 15 is 0 Å². The lowest BCUT2D eigenvalue weighted by Gasteiger charge is -2.33. The van der Waals surface area contributed by atoms with Crippen LogP contribution in [0.1, 0.15) is 32.3 Å². The molecule has 0 spiro atoms. The summed E-state index contributed by atoms with van der Waals surface area (Å²) >= 11 is 6.44. The van der Waals surface area contributed by atoms with Gasteiger partial charge in [-0.2, -0.15) is 0 Å². The summed E-state index contributed by atoms with van der Waals surface area (Å²) in [6.07, 6.45) is 4.13. The molecule has 0 saturated carbocycles. The van der Waals surface area contributed by atoms with Gasteiger partial charge in [-0.3, -0.25) is 9.88 Å². The molecule has 0 bridgehead atoms. The average Bonchev–Trinajstić information content (AvgIpc) is 2.78. The molecule has 1 saturated heterocycles. The maximum Gasteiger partial charge on any atom is 0.141 e. The molecule has 0 radical (unpaired) electrons. The number of nitrogens with zero attached hydrogens (tertiary/aromatic N) is 2. The normalized spacial score (nSPS) is 15.2. The van der Waals surface area contributed by atoms with Gasteiger partial charge >= 0.3 is 0 Å². The van der Waals surface area contributed by atoms with Gasteiger partial charge in [0.2, 0.25) is 0 Å².